The van der Waals surface area contributed by atoms with E-state index in [9.17, 15) is 9.59 Å². The third-order valence-corrected chi connectivity index (χ3v) is 4.38. The first-order valence-corrected chi connectivity index (χ1v) is 8.36. The summed E-state index contributed by atoms with van der Waals surface area (Å²) in [6.07, 6.45) is 0.867. The molecule has 0 bridgehead atoms. The Morgan fingerprint density at radius 2 is 2.08 bits per heavy atom. The summed E-state index contributed by atoms with van der Waals surface area (Å²) in [7, 11) is 0. The van der Waals surface area contributed by atoms with Crippen molar-refractivity contribution >= 4 is 17.5 Å². The summed E-state index contributed by atoms with van der Waals surface area (Å²) in [4.78, 5) is 23.7. The van der Waals surface area contributed by atoms with Crippen LogP contribution < -0.4 is 20.7 Å². The fourth-order valence-corrected chi connectivity index (χ4v) is 2.45. The molecule has 24 heavy (non-hydrogen) atoms. The van der Waals surface area contributed by atoms with Crippen LogP contribution in [0.5, 0.6) is 5.75 Å². The third-order valence-electron chi connectivity index (χ3n) is 4.38. The van der Waals surface area contributed by atoms with Crippen molar-refractivity contribution < 1.29 is 14.3 Å². The molecule has 6 heteroatoms. The molecule has 132 valence electrons. The van der Waals surface area contributed by atoms with E-state index < -0.39 is 0 Å². The molecule has 3 N–H and O–H groups in total. The fraction of sp³-hybridized carbons (Fsp3) is 0.556. The highest BCUT2D eigenvalue weighted by molar-refractivity contribution is 5.95. The first kappa shape index (κ1) is 18.3. The second-order valence-electron chi connectivity index (χ2n) is 6.93. The van der Waals surface area contributed by atoms with Gasteiger partial charge in [-0.1, -0.05) is 13.0 Å². The molecule has 0 aromatic heterocycles. The molecule has 1 aromatic rings. The number of carbonyl (C=O) groups is 2. The number of amides is 2. The van der Waals surface area contributed by atoms with Gasteiger partial charge in [0, 0.05) is 11.6 Å². The second-order valence-corrected chi connectivity index (χ2v) is 6.93. The van der Waals surface area contributed by atoms with Crippen molar-refractivity contribution in [3.63, 3.8) is 0 Å². The average Bonchev–Trinajstić information content (AvgIpc) is 2.53. The highest BCUT2D eigenvalue weighted by Crippen LogP contribution is 2.30. The molecule has 2 atom stereocenters. The Balaban J connectivity index is 2.01. The smallest absolute Gasteiger partial charge is 0.262 e. The van der Waals surface area contributed by atoms with Gasteiger partial charge in [-0.25, -0.2) is 0 Å². The Morgan fingerprint density at radius 3 is 2.75 bits per heavy atom. The van der Waals surface area contributed by atoms with Crippen molar-refractivity contribution in [3.8, 4) is 5.75 Å². The van der Waals surface area contributed by atoms with Crippen LogP contribution in [-0.4, -0.2) is 30.0 Å². The molecule has 0 unspecified atom stereocenters. The van der Waals surface area contributed by atoms with Crippen LogP contribution in [0.1, 0.15) is 52.6 Å². The summed E-state index contributed by atoms with van der Waals surface area (Å²) >= 11 is 0. The Hall–Kier alpha value is -2.08. The minimum atomic E-state index is -0.326. The number of benzene rings is 1. The number of fused-ring (bicyclic) bond motifs is 1. The lowest BCUT2D eigenvalue weighted by atomic mass is 10.0. The van der Waals surface area contributed by atoms with E-state index in [1.165, 1.54) is 0 Å². The van der Waals surface area contributed by atoms with Gasteiger partial charge in [-0.2, -0.15) is 0 Å². The van der Waals surface area contributed by atoms with Crippen LogP contribution >= 0.6 is 0 Å². The standard InChI is InChI=1S/C18H27N3O3/c1-6-18(4,5)21-17(23)12(3)19-11(2)13-7-8-15-14(9-13)20-16(22)10-24-15/h7-9,11-12,19H,6,10H2,1-5H3,(H,20,22)(H,21,23)/t11-,12+/m1/s1. The number of anilines is 1. The van der Waals surface area contributed by atoms with Crippen molar-refractivity contribution in [2.24, 2.45) is 0 Å². The van der Waals surface area contributed by atoms with E-state index in [0.29, 0.717) is 11.4 Å². The molecule has 2 amide bonds. The van der Waals surface area contributed by atoms with Crippen molar-refractivity contribution in [2.75, 3.05) is 11.9 Å². The van der Waals surface area contributed by atoms with Gasteiger partial charge in [0.25, 0.3) is 5.91 Å². The van der Waals surface area contributed by atoms with Crippen molar-refractivity contribution in [3.05, 3.63) is 23.8 Å². The largest absolute Gasteiger partial charge is 0.482 e. The van der Waals surface area contributed by atoms with Crippen molar-refractivity contribution in [1.82, 2.24) is 10.6 Å². The summed E-state index contributed by atoms with van der Waals surface area (Å²) in [5, 5.41) is 9.13. The molecule has 0 radical (unpaired) electrons. The van der Waals surface area contributed by atoms with Crippen LogP contribution in [-0.2, 0) is 9.59 Å². The van der Waals surface area contributed by atoms with E-state index >= 15 is 0 Å². The Labute approximate surface area is 143 Å². The predicted molar refractivity (Wildman–Crippen MR) is 94.1 cm³/mol. The molecule has 1 aromatic carbocycles. The summed E-state index contributed by atoms with van der Waals surface area (Å²) in [6, 6.07) is 5.29. The van der Waals surface area contributed by atoms with Gasteiger partial charge >= 0.3 is 0 Å². The highest BCUT2D eigenvalue weighted by Gasteiger charge is 2.23. The lowest BCUT2D eigenvalue weighted by Crippen LogP contribution is -2.51. The molecule has 1 heterocycles. The first-order chi connectivity index (χ1) is 11.2. The zero-order valence-corrected chi connectivity index (χ0v) is 15.0. The monoisotopic (exact) mass is 333 g/mol. The third kappa shape index (κ3) is 4.47. The van der Waals surface area contributed by atoms with E-state index in [0.717, 1.165) is 12.0 Å². The molecular weight excluding hydrogens is 306 g/mol. The van der Waals surface area contributed by atoms with Crippen LogP contribution in [0.4, 0.5) is 5.69 Å². The highest BCUT2D eigenvalue weighted by atomic mass is 16.5. The molecule has 1 aliphatic heterocycles. The van der Waals surface area contributed by atoms with Crippen molar-refractivity contribution in [2.45, 2.75) is 58.7 Å². The Morgan fingerprint density at radius 1 is 1.38 bits per heavy atom. The van der Waals surface area contributed by atoms with Gasteiger partial charge in [-0.3, -0.25) is 14.9 Å². The van der Waals surface area contributed by atoms with E-state index in [1.54, 1.807) is 0 Å². The van der Waals surface area contributed by atoms with E-state index in [4.69, 9.17) is 4.74 Å². The number of rotatable bonds is 6. The number of nitrogens with one attached hydrogen (secondary N) is 3. The summed E-state index contributed by atoms with van der Waals surface area (Å²) in [5.41, 5.74) is 1.43. The Bertz CT molecular complexity index is 628. The number of carbonyl (C=O) groups excluding carboxylic acids is 2. The molecule has 0 saturated heterocycles. The van der Waals surface area contributed by atoms with Crippen LogP contribution in [0.3, 0.4) is 0 Å². The van der Waals surface area contributed by atoms with Crippen LogP contribution in [0.2, 0.25) is 0 Å². The maximum absolute atomic E-state index is 12.3. The zero-order valence-electron chi connectivity index (χ0n) is 15.0. The number of hydrogen-bond donors (Lipinski definition) is 3. The minimum Gasteiger partial charge on any atom is -0.482 e. The Kier molecular flexibility index (Phi) is 5.49. The number of ether oxygens (including phenoxy) is 1. The number of hydrogen-bond acceptors (Lipinski definition) is 4. The van der Waals surface area contributed by atoms with Gasteiger partial charge in [-0.05, 0) is 51.8 Å². The fourth-order valence-electron chi connectivity index (χ4n) is 2.45. The predicted octanol–water partition coefficient (Wildman–Crippen LogP) is 2.36. The van der Waals surface area contributed by atoms with E-state index in [-0.39, 0.29) is 36.0 Å². The van der Waals surface area contributed by atoms with Gasteiger partial charge in [0.05, 0.1) is 11.7 Å². The quantitative estimate of drug-likeness (QED) is 0.747. The van der Waals surface area contributed by atoms with Crippen molar-refractivity contribution in [1.29, 1.82) is 0 Å². The topological polar surface area (TPSA) is 79.5 Å². The first-order valence-electron chi connectivity index (χ1n) is 8.36. The van der Waals surface area contributed by atoms with Gasteiger partial charge < -0.3 is 15.4 Å². The zero-order chi connectivity index (χ0) is 17.9. The van der Waals surface area contributed by atoms with Crippen LogP contribution in [0, 0.1) is 0 Å². The molecule has 0 fully saturated rings. The second kappa shape index (κ2) is 7.21. The summed E-state index contributed by atoms with van der Waals surface area (Å²) < 4.78 is 5.36. The lowest BCUT2D eigenvalue weighted by Gasteiger charge is -2.28. The van der Waals surface area contributed by atoms with Gasteiger partial charge in [0.1, 0.15) is 5.75 Å². The molecule has 2 rings (SSSR count). The molecule has 0 saturated carbocycles. The maximum atomic E-state index is 12.3. The molecule has 0 aliphatic carbocycles. The van der Waals surface area contributed by atoms with Crippen LogP contribution in [0.15, 0.2) is 18.2 Å². The molecular formula is C18H27N3O3. The lowest BCUT2D eigenvalue weighted by molar-refractivity contribution is -0.124. The molecule has 6 nitrogen and oxygen atoms in total. The molecule has 1 aliphatic rings. The minimum absolute atomic E-state index is 0.0247. The van der Waals surface area contributed by atoms with Gasteiger partial charge in [-0.15, -0.1) is 0 Å². The van der Waals surface area contributed by atoms with E-state index in [2.05, 4.69) is 16.0 Å². The van der Waals surface area contributed by atoms with Crippen LogP contribution in [0.25, 0.3) is 0 Å². The van der Waals surface area contributed by atoms with E-state index in [1.807, 2.05) is 52.8 Å². The van der Waals surface area contributed by atoms with Gasteiger partial charge in [0.15, 0.2) is 6.61 Å². The summed E-state index contributed by atoms with van der Waals surface area (Å²) in [5.74, 6) is 0.485. The maximum Gasteiger partial charge on any atom is 0.262 e. The normalized spacial score (nSPS) is 16.5. The van der Waals surface area contributed by atoms with Gasteiger partial charge in [0.2, 0.25) is 5.91 Å². The SMILES string of the molecule is CCC(C)(C)NC(=O)[C@H](C)N[C@H](C)c1ccc2c(c1)NC(=O)CO2. The average molecular weight is 333 g/mol. The summed E-state index contributed by atoms with van der Waals surface area (Å²) in [6.45, 7) is 9.94. The molecule has 0 spiro atoms.